The van der Waals surface area contributed by atoms with Crippen LogP contribution in [0.4, 0.5) is 4.39 Å². The average molecular weight is 196 g/mol. The lowest BCUT2D eigenvalue weighted by molar-refractivity contribution is 0.115. The second-order valence-electron chi connectivity index (χ2n) is 3.84. The summed E-state index contributed by atoms with van der Waals surface area (Å²) in [7, 11) is 0. The van der Waals surface area contributed by atoms with E-state index in [0.29, 0.717) is 5.56 Å². The number of rotatable bonds is 3. The van der Waals surface area contributed by atoms with E-state index in [2.05, 4.69) is 0 Å². The molecule has 0 saturated heterocycles. The van der Waals surface area contributed by atoms with Crippen LogP contribution in [-0.4, -0.2) is 5.11 Å². The van der Waals surface area contributed by atoms with E-state index in [-0.39, 0.29) is 11.7 Å². The molecule has 0 saturated carbocycles. The molecule has 2 heteroatoms. The zero-order valence-electron chi connectivity index (χ0n) is 8.92. The molecule has 0 heterocycles. The van der Waals surface area contributed by atoms with Gasteiger partial charge >= 0.3 is 0 Å². The van der Waals surface area contributed by atoms with Gasteiger partial charge in [-0.2, -0.15) is 0 Å². The first-order valence-corrected chi connectivity index (χ1v) is 5.00. The van der Waals surface area contributed by atoms with E-state index in [4.69, 9.17) is 0 Å². The van der Waals surface area contributed by atoms with Crippen LogP contribution in [0.5, 0.6) is 0 Å². The van der Waals surface area contributed by atoms with Crippen molar-refractivity contribution in [3.05, 3.63) is 35.1 Å². The molecule has 0 aromatic heterocycles. The van der Waals surface area contributed by atoms with E-state index >= 15 is 0 Å². The molecule has 0 bridgehead atoms. The number of hydrogen-bond donors (Lipinski definition) is 1. The fourth-order valence-electron chi connectivity index (χ4n) is 1.40. The molecule has 2 unspecified atom stereocenters. The van der Waals surface area contributed by atoms with Gasteiger partial charge in [-0.05, 0) is 30.0 Å². The minimum atomic E-state index is -0.487. The highest BCUT2D eigenvalue weighted by Crippen LogP contribution is 2.25. The maximum absolute atomic E-state index is 13.0. The molecule has 1 aromatic carbocycles. The molecule has 0 aliphatic rings. The summed E-state index contributed by atoms with van der Waals surface area (Å²) in [5, 5.41) is 9.88. The van der Waals surface area contributed by atoms with E-state index in [9.17, 15) is 9.50 Å². The Morgan fingerprint density at radius 2 is 2.07 bits per heavy atom. The molecule has 14 heavy (non-hydrogen) atoms. The van der Waals surface area contributed by atoms with Gasteiger partial charge in [0.2, 0.25) is 0 Å². The van der Waals surface area contributed by atoms with E-state index < -0.39 is 6.10 Å². The van der Waals surface area contributed by atoms with Gasteiger partial charge in [-0.1, -0.05) is 32.4 Å². The summed E-state index contributed by atoms with van der Waals surface area (Å²) in [6, 6.07) is 4.78. The highest BCUT2D eigenvalue weighted by atomic mass is 19.1. The minimum absolute atomic E-state index is 0.208. The summed E-state index contributed by atoms with van der Waals surface area (Å²) in [5.41, 5.74) is 1.39. The molecule has 0 radical (unpaired) electrons. The van der Waals surface area contributed by atoms with E-state index in [0.717, 1.165) is 12.0 Å². The summed E-state index contributed by atoms with van der Waals surface area (Å²) in [5.74, 6) is -0.00929. The zero-order chi connectivity index (χ0) is 10.7. The molecule has 0 aliphatic carbocycles. The molecule has 1 N–H and O–H groups in total. The summed E-state index contributed by atoms with van der Waals surface area (Å²) < 4.78 is 13.0. The molecule has 0 amide bonds. The van der Waals surface area contributed by atoms with Crippen LogP contribution in [0.3, 0.4) is 0 Å². The number of aliphatic hydroxyl groups excluding tert-OH is 1. The molecule has 2 atom stereocenters. The first-order valence-electron chi connectivity index (χ1n) is 5.00. The molecule has 0 fully saturated rings. The minimum Gasteiger partial charge on any atom is -0.388 e. The Morgan fingerprint density at radius 1 is 1.43 bits per heavy atom. The molecule has 78 valence electrons. The first kappa shape index (κ1) is 11.2. The van der Waals surface area contributed by atoms with Gasteiger partial charge in [0, 0.05) is 0 Å². The van der Waals surface area contributed by atoms with E-state index in [1.165, 1.54) is 6.07 Å². The third-order valence-electron chi connectivity index (χ3n) is 2.71. The van der Waals surface area contributed by atoms with Gasteiger partial charge in [0.1, 0.15) is 5.82 Å². The van der Waals surface area contributed by atoms with Crippen LogP contribution < -0.4 is 0 Å². The fraction of sp³-hybridized carbons (Fsp3) is 0.500. The lowest BCUT2D eigenvalue weighted by Crippen LogP contribution is -2.08. The molecule has 1 nitrogen and oxygen atoms in total. The van der Waals surface area contributed by atoms with Crippen LogP contribution in [0.2, 0.25) is 0 Å². The lowest BCUT2D eigenvalue weighted by Gasteiger charge is -2.17. The summed E-state index contributed by atoms with van der Waals surface area (Å²) in [6.07, 6.45) is 0.428. The van der Waals surface area contributed by atoms with Crippen molar-refractivity contribution in [2.45, 2.75) is 33.3 Å². The van der Waals surface area contributed by atoms with E-state index in [1.54, 1.807) is 19.1 Å². The number of aliphatic hydroxyl groups is 1. The highest BCUT2D eigenvalue weighted by molar-refractivity contribution is 5.25. The van der Waals surface area contributed by atoms with Crippen molar-refractivity contribution < 1.29 is 9.50 Å². The Balaban J connectivity index is 2.91. The van der Waals surface area contributed by atoms with Crippen molar-refractivity contribution in [3.63, 3.8) is 0 Å². The highest BCUT2D eigenvalue weighted by Gasteiger charge is 2.15. The predicted molar refractivity (Wildman–Crippen MR) is 55.6 cm³/mol. The molecule has 0 aliphatic heterocycles. The first-order chi connectivity index (χ1) is 6.56. The predicted octanol–water partition coefficient (Wildman–Crippen LogP) is 3.21. The van der Waals surface area contributed by atoms with Gasteiger partial charge < -0.3 is 5.11 Å². The van der Waals surface area contributed by atoms with Crippen molar-refractivity contribution in [1.29, 1.82) is 0 Å². The number of benzene rings is 1. The molecule has 1 rings (SSSR count). The fourth-order valence-corrected chi connectivity index (χ4v) is 1.40. The van der Waals surface area contributed by atoms with Crippen LogP contribution >= 0.6 is 0 Å². The van der Waals surface area contributed by atoms with Crippen molar-refractivity contribution in [2.75, 3.05) is 0 Å². The number of halogens is 1. The Labute approximate surface area is 84.6 Å². The normalized spacial score (nSPS) is 15.2. The maximum atomic E-state index is 13.0. The van der Waals surface area contributed by atoms with Gasteiger partial charge in [0.15, 0.2) is 0 Å². The Morgan fingerprint density at radius 3 is 2.57 bits per heavy atom. The van der Waals surface area contributed by atoms with Crippen molar-refractivity contribution >= 4 is 0 Å². The number of hydrogen-bond acceptors (Lipinski definition) is 1. The second-order valence-corrected chi connectivity index (χ2v) is 3.84. The third-order valence-corrected chi connectivity index (χ3v) is 2.71. The van der Waals surface area contributed by atoms with Crippen molar-refractivity contribution in [3.8, 4) is 0 Å². The van der Waals surface area contributed by atoms with Gasteiger partial charge in [-0.25, -0.2) is 4.39 Å². The zero-order valence-corrected chi connectivity index (χ0v) is 8.92. The van der Waals surface area contributed by atoms with Crippen LogP contribution in [0.1, 0.15) is 37.5 Å². The molecule has 1 aromatic rings. The summed E-state index contributed by atoms with van der Waals surface area (Å²) in [4.78, 5) is 0. The Kier molecular flexibility index (Phi) is 3.64. The van der Waals surface area contributed by atoms with Crippen molar-refractivity contribution in [1.82, 2.24) is 0 Å². The largest absolute Gasteiger partial charge is 0.388 e. The molecular formula is C12H17FO. The SMILES string of the molecule is CCC(C)C(O)c1ccc(F)c(C)c1. The van der Waals surface area contributed by atoms with Gasteiger partial charge in [0.25, 0.3) is 0 Å². The van der Waals surface area contributed by atoms with Gasteiger partial charge in [0.05, 0.1) is 6.10 Å². The van der Waals surface area contributed by atoms with E-state index in [1.807, 2.05) is 13.8 Å². The maximum Gasteiger partial charge on any atom is 0.126 e. The topological polar surface area (TPSA) is 20.2 Å². The quantitative estimate of drug-likeness (QED) is 0.787. The van der Waals surface area contributed by atoms with Crippen LogP contribution in [0.25, 0.3) is 0 Å². The summed E-state index contributed by atoms with van der Waals surface area (Å²) in [6.45, 7) is 5.73. The third kappa shape index (κ3) is 2.32. The smallest absolute Gasteiger partial charge is 0.126 e. The van der Waals surface area contributed by atoms with Crippen molar-refractivity contribution in [2.24, 2.45) is 5.92 Å². The standard InChI is InChI=1S/C12H17FO/c1-4-8(2)12(14)10-5-6-11(13)9(3)7-10/h5-8,12,14H,4H2,1-3H3. The summed E-state index contributed by atoms with van der Waals surface area (Å²) >= 11 is 0. The Hall–Kier alpha value is -0.890. The van der Waals surface area contributed by atoms with Crippen LogP contribution in [0, 0.1) is 18.7 Å². The molecule has 0 spiro atoms. The molecular weight excluding hydrogens is 179 g/mol. The monoisotopic (exact) mass is 196 g/mol. The lowest BCUT2D eigenvalue weighted by atomic mass is 9.94. The van der Waals surface area contributed by atoms with Gasteiger partial charge in [-0.15, -0.1) is 0 Å². The van der Waals surface area contributed by atoms with Gasteiger partial charge in [-0.3, -0.25) is 0 Å². The Bertz CT molecular complexity index is 309. The average Bonchev–Trinajstić information content (AvgIpc) is 2.20. The van der Waals surface area contributed by atoms with Crippen LogP contribution in [0.15, 0.2) is 18.2 Å². The second kappa shape index (κ2) is 4.56. The van der Waals surface area contributed by atoms with Crippen LogP contribution in [-0.2, 0) is 0 Å². The number of aryl methyl sites for hydroxylation is 1.